The minimum atomic E-state index is 0.615. The highest BCUT2D eigenvalue weighted by Gasteiger charge is 1.85. The van der Waals surface area contributed by atoms with Crippen molar-refractivity contribution < 1.29 is 0 Å². The lowest BCUT2D eigenvalue weighted by molar-refractivity contribution is 0.959. The van der Waals surface area contributed by atoms with Gasteiger partial charge in [0.25, 0.3) is 0 Å². The molecule has 1 heterocycles. The third kappa shape index (κ3) is 1.67. The molecule has 1 aromatic heterocycles. The monoisotopic (exact) mass is 275 g/mol. The second kappa shape index (κ2) is 3.14. The second-order valence-electron chi connectivity index (χ2n) is 0.911. The third-order valence-corrected chi connectivity index (χ3v) is 4.16. The third-order valence-electron chi connectivity index (χ3n) is 0.454. The van der Waals surface area contributed by atoms with E-state index in [1.54, 1.807) is 0 Å². The highest BCUT2D eigenvalue weighted by molar-refractivity contribution is 14.2. The maximum absolute atomic E-state index is 4.73. The van der Waals surface area contributed by atoms with Gasteiger partial charge in [-0.1, -0.05) is 0 Å². The molecule has 44 valence electrons. The van der Waals surface area contributed by atoms with Gasteiger partial charge >= 0.3 is 0 Å². The van der Waals surface area contributed by atoms with E-state index >= 15 is 0 Å². The van der Waals surface area contributed by atoms with Gasteiger partial charge < -0.3 is 24.0 Å². The van der Waals surface area contributed by atoms with E-state index in [0.29, 0.717) is 4.34 Å². The summed E-state index contributed by atoms with van der Waals surface area (Å²) in [7, 11) is 1.54. The summed E-state index contributed by atoms with van der Waals surface area (Å²) in [5.74, 6) is 0. The van der Waals surface area contributed by atoms with Crippen molar-refractivity contribution in [1.82, 2.24) is 10.2 Å². The van der Waals surface area contributed by atoms with Crippen LogP contribution in [0.15, 0.2) is 8.68 Å². The van der Waals surface area contributed by atoms with E-state index in [0.717, 1.165) is 4.34 Å². The zero-order valence-electron chi connectivity index (χ0n) is 3.50. The van der Waals surface area contributed by atoms with Gasteiger partial charge in [0, 0.05) is 21.2 Å². The van der Waals surface area contributed by atoms with Crippen LogP contribution in [0.5, 0.6) is 0 Å². The van der Waals surface area contributed by atoms with Crippen molar-refractivity contribution in [1.29, 1.82) is 0 Å². The van der Waals surface area contributed by atoms with Gasteiger partial charge in [-0.15, -0.1) is 0 Å². The van der Waals surface area contributed by atoms with E-state index in [-0.39, 0.29) is 0 Å². The second-order valence-corrected chi connectivity index (χ2v) is 4.65. The summed E-state index contributed by atoms with van der Waals surface area (Å²) in [6, 6.07) is 0. The molecule has 0 saturated carbocycles. The van der Waals surface area contributed by atoms with Crippen molar-refractivity contribution in [3.63, 3.8) is 0 Å². The SMILES string of the molecule is [S-]c1nnc(SI)s1. The van der Waals surface area contributed by atoms with Gasteiger partial charge in [0.2, 0.25) is 0 Å². The lowest BCUT2D eigenvalue weighted by Gasteiger charge is -1.84. The molecule has 0 unspecified atom stereocenters. The fourth-order valence-electron chi connectivity index (χ4n) is 0.228. The van der Waals surface area contributed by atoms with Crippen LogP contribution in [0, 0.1) is 0 Å². The molecule has 0 aliphatic rings. The molecule has 1 rings (SSSR count). The van der Waals surface area contributed by atoms with Gasteiger partial charge in [-0.05, 0) is 13.3 Å². The summed E-state index contributed by atoms with van der Waals surface area (Å²) in [6.45, 7) is 0. The van der Waals surface area contributed by atoms with Crippen molar-refractivity contribution >= 4 is 54.1 Å². The minimum Gasteiger partial charge on any atom is -0.406 e. The number of hydrogen-bond acceptors (Lipinski definition) is 5. The highest BCUT2D eigenvalue weighted by Crippen LogP contribution is 2.27. The van der Waals surface area contributed by atoms with E-state index in [1.807, 2.05) is 0 Å². The molecule has 0 aliphatic carbocycles. The van der Waals surface area contributed by atoms with Crippen LogP contribution in [0.3, 0.4) is 0 Å². The molecule has 0 atom stereocenters. The quantitative estimate of drug-likeness (QED) is 0.577. The average Bonchev–Trinajstić information content (AvgIpc) is 2.14. The van der Waals surface area contributed by atoms with Crippen LogP contribution < -0.4 is 0 Å². The molecular weight excluding hydrogens is 275 g/mol. The Morgan fingerprint density at radius 3 is 2.62 bits per heavy atom. The lowest BCUT2D eigenvalue weighted by atomic mass is 11.6. The van der Waals surface area contributed by atoms with E-state index in [1.165, 1.54) is 20.3 Å². The molecule has 1 aromatic rings. The molecule has 0 fully saturated rings. The molecule has 0 aromatic carbocycles. The summed E-state index contributed by atoms with van der Waals surface area (Å²) >= 11 is 8.31. The van der Waals surface area contributed by atoms with Crippen molar-refractivity contribution in [3.8, 4) is 0 Å². The Labute approximate surface area is 72.5 Å². The molecule has 0 saturated heterocycles. The Balaban J connectivity index is 2.84. The zero-order chi connectivity index (χ0) is 5.98. The van der Waals surface area contributed by atoms with Gasteiger partial charge in [0.1, 0.15) is 0 Å². The van der Waals surface area contributed by atoms with E-state index in [4.69, 9.17) is 12.6 Å². The Morgan fingerprint density at radius 1 is 1.62 bits per heavy atom. The predicted molar refractivity (Wildman–Crippen MR) is 45.4 cm³/mol. The first kappa shape index (κ1) is 6.97. The highest BCUT2D eigenvalue weighted by atomic mass is 127. The van der Waals surface area contributed by atoms with Gasteiger partial charge in [-0.25, -0.2) is 0 Å². The number of halogens is 1. The molecule has 0 N–H and O–H groups in total. The number of nitrogens with zero attached hydrogens (tertiary/aromatic N) is 2. The van der Waals surface area contributed by atoms with Crippen LogP contribution >= 0.6 is 41.5 Å². The van der Waals surface area contributed by atoms with Crippen molar-refractivity contribution in [2.75, 3.05) is 0 Å². The van der Waals surface area contributed by atoms with E-state index in [2.05, 4.69) is 31.4 Å². The summed E-state index contributed by atoms with van der Waals surface area (Å²) < 4.78 is 1.54. The number of hydrogen-bond donors (Lipinski definition) is 0. The van der Waals surface area contributed by atoms with Crippen LogP contribution in [0.1, 0.15) is 0 Å². The minimum absolute atomic E-state index is 0.615. The maximum atomic E-state index is 4.73. The Hall–Kier alpha value is 0.860. The predicted octanol–water partition coefficient (Wildman–Crippen LogP) is 1.89. The molecular formula is C2IN2S3-. The van der Waals surface area contributed by atoms with E-state index < -0.39 is 0 Å². The normalized spacial score (nSPS) is 9.62. The van der Waals surface area contributed by atoms with Crippen LogP contribution in [0.4, 0.5) is 0 Å². The molecule has 0 bridgehead atoms. The van der Waals surface area contributed by atoms with Crippen LogP contribution in [0.2, 0.25) is 0 Å². The summed E-state index contributed by atoms with van der Waals surface area (Å²) in [5.41, 5.74) is 0. The van der Waals surface area contributed by atoms with Gasteiger partial charge in [0.15, 0.2) is 0 Å². The Kier molecular flexibility index (Phi) is 2.73. The molecule has 6 heteroatoms. The Morgan fingerprint density at radius 2 is 2.38 bits per heavy atom. The topological polar surface area (TPSA) is 25.8 Å². The van der Waals surface area contributed by atoms with E-state index in [9.17, 15) is 0 Å². The van der Waals surface area contributed by atoms with Crippen molar-refractivity contribution in [2.45, 2.75) is 8.68 Å². The van der Waals surface area contributed by atoms with Crippen LogP contribution in [-0.2, 0) is 12.6 Å². The van der Waals surface area contributed by atoms with Gasteiger partial charge in [0.05, 0.1) is 4.34 Å². The summed E-state index contributed by atoms with van der Waals surface area (Å²) in [6.07, 6.45) is 0. The van der Waals surface area contributed by atoms with Crippen molar-refractivity contribution in [3.05, 3.63) is 0 Å². The summed E-state index contributed by atoms with van der Waals surface area (Å²) in [5, 5.41) is 7.40. The smallest absolute Gasteiger partial charge is 0.0909 e. The number of aromatic nitrogens is 2. The molecule has 0 amide bonds. The maximum Gasteiger partial charge on any atom is 0.0909 e. The van der Waals surface area contributed by atoms with Gasteiger partial charge in [-0.3, -0.25) is 0 Å². The summed E-state index contributed by atoms with van der Waals surface area (Å²) in [4.78, 5) is 0. The first-order valence-corrected chi connectivity index (χ1v) is 6.20. The average molecular weight is 275 g/mol. The van der Waals surface area contributed by atoms with Crippen LogP contribution in [0.25, 0.3) is 0 Å². The largest absolute Gasteiger partial charge is 0.406 e. The lowest BCUT2D eigenvalue weighted by Crippen LogP contribution is -1.66. The number of rotatable bonds is 1. The molecule has 0 spiro atoms. The first-order valence-electron chi connectivity index (χ1n) is 1.62. The molecule has 2 nitrogen and oxygen atoms in total. The van der Waals surface area contributed by atoms with Crippen molar-refractivity contribution in [2.24, 2.45) is 0 Å². The molecule has 0 aliphatic heterocycles. The zero-order valence-corrected chi connectivity index (χ0v) is 8.10. The molecule has 0 radical (unpaired) electrons. The fourth-order valence-corrected chi connectivity index (χ4v) is 2.48. The van der Waals surface area contributed by atoms with Crippen LogP contribution in [-0.4, -0.2) is 10.2 Å². The Bertz CT molecular complexity index is 176. The molecule has 8 heavy (non-hydrogen) atoms. The fraction of sp³-hybridized carbons (Fsp3) is 0. The standard InChI is InChI=1S/C2HIN2S3/c3-8-2-5-4-1(6)7-2/h(H,4,6)/p-1. The first-order chi connectivity index (χ1) is 3.83. The van der Waals surface area contributed by atoms with Gasteiger partial charge in [-0.2, -0.15) is 10.2 Å².